The third-order valence-electron chi connectivity index (χ3n) is 3.04. The van der Waals surface area contributed by atoms with Gasteiger partial charge in [-0.25, -0.2) is 0 Å². The lowest BCUT2D eigenvalue weighted by Gasteiger charge is -2.11. The zero-order valence-corrected chi connectivity index (χ0v) is 12.8. The van der Waals surface area contributed by atoms with Crippen LogP contribution in [0.3, 0.4) is 0 Å². The van der Waals surface area contributed by atoms with Crippen molar-refractivity contribution in [2.24, 2.45) is 0 Å². The molecule has 1 rings (SSSR count). The minimum atomic E-state index is 0.117. The van der Waals surface area contributed by atoms with E-state index in [1.54, 1.807) is 11.8 Å². The Bertz CT molecular complexity index is 378. The number of amides is 1. The lowest BCUT2D eigenvalue weighted by atomic mass is 10.1. The van der Waals surface area contributed by atoms with Crippen LogP contribution in [0.25, 0.3) is 0 Å². The normalized spacial score (nSPS) is 12.2. The molecule has 0 saturated heterocycles. The van der Waals surface area contributed by atoms with Crippen molar-refractivity contribution in [1.29, 1.82) is 0 Å². The average Bonchev–Trinajstić information content (AvgIpc) is 2.45. The molecule has 106 valence electrons. The van der Waals surface area contributed by atoms with Crippen molar-refractivity contribution in [3.63, 3.8) is 0 Å². The van der Waals surface area contributed by atoms with Crippen LogP contribution in [0.15, 0.2) is 29.2 Å². The van der Waals surface area contributed by atoms with Gasteiger partial charge in [0.05, 0.1) is 5.75 Å². The maximum absolute atomic E-state index is 11.6. The zero-order chi connectivity index (χ0) is 14.1. The molecule has 1 atom stereocenters. The van der Waals surface area contributed by atoms with Crippen LogP contribution in [0.5, 0.6) is 0 Å². The lowest BCUT2D eigenvalue weighted by Crippen LogP contribution is -2.25. The third-order valence-corrected chi connectivity index (χ3v) is 4.05. The van der Waals surface area contributed by atoms with Gasteiger partial charge in [0, 0.05) is 17.5 Å². The number of carbonyl (C=O) groups is 1. The van der Waals surface area contributed by atoms with Crippen LogP contribution in [-0.4, -0.2) is 25.3 Å². The molecule has 3 nitrogen and oxygen atoms in total. The third kappa shape index (κ3) is 6.12. The summed E-state index contributed by atoms with van der Waals surface area (Å²) in [5.41, 5.74) is 1.26. The van der Waals surface area contributed by atoms with Crippen molar-refractivity contribution in [3.8, 4) is 0 Å². The molecule has 1 unspecified atom stereocenters. The molecular formula is C15H24N2OS. The first-order valence-corrected chi connectivity index (χ1v) is 7.82. The summed E-state index contributed by atoms with van der Waals surface area (Å²) in [6.45, 7) is 5.03. The van der Waals surface area contributed by atoms with Gasteiger partial charge < -0.3 is 10.6 Å². The van der Waals surface area contributed by atoms with E-state index in [0.717, 1.165) is 24.3 Å². The predicted molar refractivity (Wildman–Crippen MR) is 82.6 cm³/mol. The molecule has 0 fully saturated rings. The molecule has 0 saturated carbocycles. The second-order valence-corrected chi connectivity index (χ2v) is 5.62. The van der Waals surface area contributed by atoms with E-state index in [-0.39, 0.29) is 5.91 Å². The van der Waals surface area contributed by atoms with Gasteiger partial charge in [-0.05, 0) is 38.1 Å². The van der Waals surface area contributed by atoms with Crippen molar-refractivity contribution in [2.75, 3.05) is 19.3 Å². The number of thioether (sulfide) groups is 1. The molecule has 4 heteroatoms. The molecular weight excluding hydrogens is 256 g/mol. The molecule has 0 bridgehead atoms. The van der Waals surface area contributed by atoms with Gasteiger partial charge in [0.1, 0.15) is 0 Å². The van der Waals surface area contributed by atoms with Crippen LogP contribution in [0.1, 0.15) is 38.3 Å². The fourth-order valence-electron chi connectivity index (χ4n) is 1.62. The Morgan fingerprint density at radius 3 is 2.58 bits per heavy atom. The van der Waals surface area contributed by atoms with Gasteiger partial charge in [0.25, 0.3) is 0 Å². The first-order chi connectivity index (χ1) is 9.17. The average molecular weight is 280 g/mol. The molecule has 19 heavy (non-hydrogen) atoms. The summed E-state index contributed by atoms with van der Waals surface area (Å²) in [6, 6.07) is 8.73. The van der Waals surface area contributed by atoms with Crippen molar-refractivity contribution >= 4 is 17.7 Å². The summed E-state index contributed by atoms with van der Waals surface area (Å²) in [5.74, 6) is 0.607. The number of nitrogens with one attached hydrogen (secondary N) is 2. The maximum Gasteiger partial charge on any atom is 0.230 e. The first-order valence-electron chi connectivity index (χ1n) is 6.84. The Balaban J connectivity index is 2.35. The second-order valence-electron chi connectivity index (χ2n) is 4.57. The number of hydrogen-bond acceptors (Lipinski definition) is 3. The summed E-state index contributed by atoms with van der Waals surface area (Å²) >= 11 is 1.58. The molecule has 0 spiro atoms. The highest BCUT2D eigenvalue weighted by molar-refractivity contribution is 8.00. The number of carbonyl (C=O) groups excluding carboxylic acids is 1. The van der Waals surface area contributed by atoms with Crippen molar-refractivity contribution < 1.29 is 4.79 Å². The molecule has 0 aliphatic carbocycles. The summed E-state index contributed by atoms with van der Waals surface area (Å²) < 4.78 is 0. The summed E-state index contributed by atoms with van der Waals surface area (Å²) in [4.78, 5) is 12.7. The quantitative estimate of drug-likeness (QED) is 0.568. The van der Waals surface area contributed by atoms with Crippen molar-refractivity contribution in [1.82, 2.24) is 10.6 Å². The Kier molecular flexibility index (Phi) is 7.60. The van der Waals surface area contributed by atoms with Crippen LogP contribution in [0.2, 0.25) is 0 Å². The Morgan fingerprint density at radius 2 is 2.00 bits per heavy atom. The highest BCUT2D eigenvalue weighted by atomic mass is 32.2. The van der Waals surface area contributed by atoms with E-state index < -0.39 is 0 Å². The van der Waals surface area contributed by atoms with Crippen molar-refractivity contribution in [3.05, 3.63) is 29.8 Å². The standard InChI is InChI=1S/C15H24N2OS/c1-4-5-10-17-15(18)11-19-14-8-6-13(7-9-14)12(2)16-3/h6-9,12,16H,4-5,10-11H2,1-3H3,(H,17,18). The van der Waals surface area contributed by atoms with E-state index in [2.05, 4.69) is 48.7 Å². The van der Waals surface area contributed by atoms with E-state index in [4.69, 9.17) is 0 Å². The van der Waals surface area contributed by atoms with Crippen LogP contribution >= 0.6 is 11.8 Å². The van der Waals surface area contributed by atoms with Crippen LogP contribution in [-0.2, 0) is 4.79 Å². The van der Waals surface area contributed by atoms with Gasteiger partial charge in [-0.3, -0.25) is 4.79 Å². The van der Waals surface area contributed by atoms with Gasteiger partial charge >= 0.3 is 0 Å². The van der Waals surface area contributed by atoms with E-state index in [0.29, 0.717) is 11.8 Å². The van der Waals surface area contributed by atoms with E-state index in [1.807, 2.05) is 7.05 Å². The van der Waals surface area contributed by atoms with Gasteiger partial charge in [0.2, 0.25) is 5.91 Å². The molecule has 0 aliphatic rings. The summed E-state index contributed by atoms with van der Waals surface area (Å²) in [5, 5.41) is 6.13. The largest absolute Gasteiger partial charge is 0.355 e. The lowest BCUT2D eigenvalue weighted by molar-refractivity contribution is -0.118. The molecule has 1 aromatic rings. The molecule has 0 heterocycles. The molecule has 0 radical (unpaired) electrons. The zero-order valence-electron chi connectivity index (χ0n) is 12.0. The minimum absolute atomic E-state index is 0.117. The van der Waals surface area contributed by atoms with Gasteiger partial charge in [-0.15, -0.1) is 11.8 Å². The monoisotopic (exact) mass is 280 g/mol. The number of hydrogen-bond donors (Lipinski definition) is 2. The second kappa shape index (κ2) is 8.99. The van der Waals surface area contributed by atoms with Crippen molar-refractivity contribution in [2.45, 2.75) is 37.6 Å². The topological polar surface area (TPSA) is 41.1 Å². The molecule has 2 N–H and O–H groups in total. The molecule has 1 aromatic carbocycles. The smallest absolute Gasteiger partial charge is 0.230 e. The van der Waals surface area contributed by atoms with Gasteiger partial charge in [-0.1, -0.05) is 25.5 Å². The fourth-order valence-corrected chi connectivity index (χ4v) is 2.35. The van der Waals surface area contributed by atoms with Gasteiger partial charge in [0.15, 0.2) is 0 Å². The van der Waals surface area contributed by atoms with Crippen LogP contribution in [0.4, 0.5) is 0 Å². The Hall–Kier alpha value is -1.00. The van der Waals surface area contributed by atoms with E-state index in [1.165, 1.54) is 5.56 Å². The molecule has 0 aromatic heterocycles. The Morgan fingerprint density at radius 1 is 1.32 bits per heavy atom. The van der Waals surface area contributed by atoms with E-state index in [9.17, 15) is 4.79 Å². The summed E-state index contributed by atoms with van der Waals surface area (Å²) in [6.07, 6.45) is 2.16. The minimum Gasteiger partial charge on any atom is -0.355 e. The molecule has 0 aliphatic heterocycles. The number of unbranched alkanes of at least 4 members (excludes halogenated alkanes) is 1. The first kappa shape index (κ1) is 16.1. The fraction of sp³-hybridized carbons (Fsp3) is 0.533. The van der Waals surface area contributed by atoms with Crippen LogP contribution < -0.4 is 10.6 Å². The highest BCUT2D eigenvalue weighted by Crippen LogP contribution is 2.20. The molecule has 1 amide bonds. The number of benzene rings is 1. The van der Waals surface area contributed by atoms with Gasteiger partial charge in [-0.2, -0.15) is 0 Å². The Labute approximate surface area is 120 Å². The van der Waals surface area contributed by atoms with E-state index >= 15 is 0 Å². The maximum atomic E-state index is 11.6. The predicted octanol–water partition coefficient (Wildman–Crippen LogP) is 2.98. The SMILES string of the molecule is CCCCNC(=O)CSc1ccc(C(C)NC)cc1. The summed E-state index contributed by atoms with van der Waals surface area (Å²) in [7, 11) is 1.95. The number of rotatable bonds is 8. The highest BCUT2D eigenvalue weighted by Gasteiger charge is 2.04. The van der Waals surface area contributed by atoms with Crippen LogP contribution in [0, 0.1) is 0 Å².